The molecule has 0 spiro atoms. The first-order valence-electron chi connectivity index (χ1n) is 8.42. The van der Waals surface area contributed by atoms with Crippen molar-refractivity contribution < 1.29 is 4.79 Å². The van der Waals surface area contributed by atoms with Gasteiger partial charge in [0.05, 0.1) is 29.7 Å². The second-order valence-electron chi connectivity index (χ2n) is 6.41. The Kier molecular flexibility index (Phi) is 3.80. The van der Waals surface area contributed by atoms with Crippen LogP contribution in [0.4, 0.5) is 0 Å². The number of likely N-dealkylation sites (tertiary alicyclic amines) is 1. The van der Waals surface area contributed by atoms with Gasteiger partial charge in [0.2, 0.25) is 5.91 Å². The molecule has 1 aromatic carbocycles. The maximum atomic E-state index is 13.0. The van der Waals surface area contributed by atoms with Crippen molar-refractivity contribution in [1.82, 2.24) is 24.0 Å². The molecular weight excluding hydrogens is 302 g/mol. The summed E-state index contributed by atoms with van der Waals surface area (Å²) in [5, 5.41) is 0. The van der Waals surface area contributed by atoms with E-state index in [4.69, 9.17) is 0 Å². The van der Waals surface area contributed by atoms with Gasteiger partial charge in [-0.05, 0) is 31.9 Å². The van der Waals surface area contributed by atoms with Crippen LogP contribution in [0.3, 0.4) is 0 Å². The third kappa shape index (κ3) is 2.58. The molecule has 0 bridgehead atoms. The Labute approximate surface area is 140 Å². The van der Waals surface area contributed by atoms with E-state index in [0.717, 1.165) is 37.0 Å². The number of aromatic nitrogens is 4. The summed E-state index contributed by atoms with van der Waals surface area (Å²) < 4.78 is 4.08. The molecule has 1 amide bonds. The van der Waals surface area contributed by atoms with Crippen molar-refractivity contribution in [3.63, 3.8) is 0 Å². The third-order valence-corrected chi connectivity index (χ3v) is 4.91. The Morgan fingerprint density at radius 2 is 2.17 bits per heavy atom. The Bertz CT molecular complexity index is 838. The van der Waals surface area contributed by atoms with Gasteiger partial charge in [-0.15, -0.1) is 0 Å². The number of hydrogen-bond donors (Lipinski definition) is 0. The van der Waals surface area contributed by atoms with Gasteiger partial charge in [0.1, 0.15) is 6.04 Å². The quantitative estimate of drug-likeness (QED) is 0.744. The molecule has 4 rings (SSSR count). The molecule has 1 fully saturated rings. The fourth-order valence-electron chi connectivity index (χ4n) is 3.55. The summed E-state index contributed by atoms with van der Waals surface area (Å²) in [6.07, 6.45) is 9.48. The van der Waals surface area contributed by atoms with E-state index in [1.54, 1.807) is 12.5 Å². The van der Waals surface area contributed by atoms with Crippen LogP contribution in [-0.4, -0.2) is 43.0 Å². The van der Waals surface area contributed by atoms with Crippen LogP contribution in [-0.2, 0) is 4.79 Å². The maximum Gasteiger partial charge on any atom is 0.245 e. The molecule has 3 aromatic rings. The summed E-state index contributed by atoms with van der Waals surface area (Å²) >= 11 is 0. The number of carbonyl (C=O) groups is 1. The van der Waals surface area contributed by atoms with Crippen LogP contribution in [0.5, 0.6) is 0 Å². The minimum atomic E-state index is -0.251. The largest absolute Gasteiger partial charge is 0.339 e. The average Bonchev–Trinajstić information content (AvgIpc) is 3.30. The van der Waals surface area contributed by atoms with Gasteiger partial charge in [0, 0.05) is 25.5 Å². The number of para-hydroxylation sites is 2. The highest BCUT2D eigenvalue weighted by Crippen LogP contribution is 2.25. The van der Waals surface area contributed by atoms with E-state index in [9.17, 15) is 4.79 Å². The van der Waals surface area contributed by atoms with E-state index < -0.39 is 0 Å². The SMILES string of the molecule is C[C@@H](C(=O)N1CCC[C@H](n2ccnc2)C1)n1cnc2ccccc21. The molecule has 124 valence electrons. The molecule has 1 aliphatic heterocycles. The van der Waals surface area contributed by atoms with Gasteiger partial charge in [-0.1, -0.05) is 12.1 Å². The fourth-order valence-corrected chi connectivity index (χ4v) is 3.55. The monoisotopic (exact) mass is 323 g/mol. The fraction of sp³-hybridized carbons (Fsp3) is 0.389. The molecule has 6 nitrogen and oxygen atoms in total. The van der Waals surface area contributed by atoms with Gasteiger partial charge < -0.3 is 14.0 Å². The summed E-state index contributed by atoms with van der Waals surface area (Å²) in [5.41, 5.74) is 1.92. The standard InChI is InChI=1S/C18H21N5O/c1-14(23-13-20-16-6-2-3-7-17(16)23)18(24)21-9-4-5-15(11-21)22-10-8-19-12-22/h2-3,6-8,10,12-15H,4-5,9,11H2,1H3/t14-,15-/m0/s1. The number of benzene rings is 1. The summed E-state index contributed by atoms with van der Waals surface area (Å²) in [6, 6.07) is 7.99. The molecule has 1 aliphatic rings. The molecule has 1 saturated heterocycles. The van der Waals surface area contributed by atoms with E-state index in [2.05, 4.69) is 14.5 Å². The van der Waals surface area contributed by atoms with Gasteiger partial charge >= 0.3 is 0 Å². The minimum Gasteiger partial charge on any atom is -0.339 e. The molecular formula is C18H21N5O. The minimum absolute atomic E-state index is 0.156. The van der Waals surface area contributed by atoms with Crippen molar-refractivity contribution in [3.05, 3.63) is 49.3 Å². The number of nitrogens with zero attached hydrogens (tertiary/aromatic N) is 5. The van der Waals surface area contributed by atoms with Crippen LogP contribution >= 0.6 is 0 Å². The lowest BCUT2D eigenvalue weighted by atomic mass is 10.0. The number of imidazole rings is 2. The summed E-state index contributed by atoms with van der Waals surface area (Å²) in [4.78, 5) is 23.5. The molecule has 0 radical (unpaired) electrons. The van der Waals surface area contributed by atoms with Crippen LogP contribution in [0.15, 0.2) is 49.3 Å². The van der Waals surface area contributed by atoms with Gasteiger partial charge in [0.25, 0.3) is 0 Å². The molecule has 0 saturated carbocycles. The highest BCUT2D eigenvalue weighted by atomic mass is 16.2. The van der Waals surface area contributed by atoms with Crippen LogP contribution in [0.1, 0.15) is 31.8 Å². The number of carbonyl (C=O) groups excluding carboxylic acids is 1. The van der Waals surface area contributed by atoms with Crippen molar-refractivity contribution >= 4 is 16.9 Å². The summed E-state index contributed by atoms with van der Waals surface area (Å²) in [6.45, 7) is 3.52. The van der Waals surface area contributed by atoms with Crippen molar-refractivity contribution in [2.45, 2.75) is 31.8 Å². The van der Waals surface area contributed by atoms with Gasteiger partial charge in [-0.2, -0.15) is 0 Å². The Morgan fingerprint density at radius 1 is 1.29 bits per heavy atom. The molecule has 24 heavy (non-hydrogen) atoms. The smallest absolute Gasteiger partial charge is 0.245 e. The van der Waals surface area contributed by atoms with Gasteiger partial charge in [0.15, 0.2) is 0 Å². The summed E-state index contributed by atoms with van der Waals surface area (Å²) in [5.74, 6) is 0.156. The first kappa shape index (κ1) is 14.9. The first-order valence-corrected chi connectivity index (χ1v) is 8.42. The maximum absolute atomic E-state index is 13.0. The van der Waals surface area contributed by atoms with Gasteiger partial charge in [-0.25, -0.2) is 9.97 Å². The molecule has 0 N–H and O–H groups in total. The van der Waals surface area contributed by atoms with E-state index in [0.29, 0.717) is 6.04 Å². The molecule has 2 aromatic heterocycles. The van der Waals surface area contributed by atoms with Gasteiger partial charge in [-0.3, -0.25) is 4.79 Å². The van der Waals surface area contributed by atoms with E-state index >= 15 is 0 Å². The van der Waals surface area contributed by atoms with E-state index in [1.165, 1.54) is 0 Å². The van der Waals surface area contributed by atoms with E-state index in [1.807, 2.05) is 53.2 Å². The lowest BCUT2D eigenvalue weighted by molar-refractivity contribution is -0.135. The van der Waals surface area contributed by atoms with Crippen LogP contribution in [0, 0.1) is 0 Å². The lowest BCUT2D eigenvalue weighted by Gasteiger charge is -2.35. The normalized spacial score (nSPS) is 19.5. The number of piperidine rings is 1. The number of amides is 1. The average molecular weight is 323 g/mol. The van der Waals surface area contributed by atoms with Crippen molar-refractivity contribution in [2.75, 3.05) is 13.1 Å². The Morgan fingerprint density at radius 3 is 3.00 bits per heavy atom. The molecule has 3 heterocycles. The topological polar surface area (TPSA) is 56.0 Å². The predicted molar refractivity (Wildman–Crippen MR) is 91.5 cm³/mol. The summed E-state index contributed by atoms with van der Waals surface area (Å²) in [7, 11) is 0. The molecule has 0 aliphatic carbocycles. The number of fused-ring (bicyclic) bond motifs is 1. The highest BCUT2D eigenvalue weighted by Gasteiger charge is 2.28. The third-order valence-electron chi connectivity index (χ3n) is 4.91. The first-order chi connectivity index (χ1) is 11.7. The Balaban J connectivity index is 1.54. The zero-order valence-corrected chi connectivity index (χ0v) is 13.7. The van der Waals surface area contributed by atoms with Crippen molar-refractivity contribution in [2.24, 2.45) is 0 Å². The Hall–Kier alpha value is -2.63. The second kappa shape index (κ2) is 6.11. The predicted octanol–water partition coefficient (Wildman–Crippen LogP) is 2.66. The van der Waals surface area contributed by atoms with Crippen LogP contribution < -0.4 is 0 Å². The van der Waals surface area contributed by atoms with Crippen LogP contribution in [0.25, 0.3) is 11.0 Å². The van der Waals surface area contributed by atoms with E-state index in [-0.39, 0.29) is 11.9 Å². The molecule has 6 heteroatoms. The molecule has 0 unspecified atom stereocenters. The zero-order valence-electron chi connectivity index (χ0n) is 13.7. The van der Waals surface area contributed by atoms with Crippen molar-refractivity contribution in [3.8, 4) is 0 Å². The second-order valence-corrected chi connectivity index (χ2v) is 6.41. The number of rotatable bonds is 3. The zero-order chi connectivity index (χ0) is 16.5. The molecule has 2 atom stereocenters. The lowest BCUT2D eigenvalue weighted by Crippen LogP contribution is -2.43. The number of hydrogen-bond acceptors (Lipinski definition) is 3. The highest BCUT2D eigenvalue weighted by molar-refractivity contribution is 5.83. The van der Waals surface area contributed by atoms with Crippen molar-refractivity contribution in [1.29, 1.82) is 0 Å². The van der Waals surface area contributed by atoms with Crippen LogP contribution in [0.2, 0.25) is 0 Å².